The first-order valence-electron chi connectivity index (χ1n) is 7.76. The van der Waals surface area contributed by atoms with Crippen LogP contribution in [0, 0.1) is 0 Å². The third-order valence-corrected chi connectivity index (χ3v) is 5.40. The predicted molar refractivity (Wildman–Crippen MR) is 86.5 cm³/mol. The number of rotatable bonds is 5. The Balaban J connectivity index is 1.99. The summed E-state index contributed by atoms with van der Waals surface area (Å²) in [5, 5.41) is 0.813. The van der Waals surface area contributed by atoms with Gasteiger partial charge in [0.25, 0.3) is 5.56 Å². The first-order valence-corrected chi connectivity index (χ1v) is 8.58. The third kappa shape index (κ3) is 2.56. The van der Waals surface area contributed by atoms with Crippen molar-refractivity contribution in [2.24, 2.45) is 0 Å². The summed E-state index contributed by atoms with van der Waals surface area (Å²) >= 11 is 1.67. The van der Waals surface area contributed by atoms with Gasteiger partial charge in [0.2, 0.25) is 0 Å². The van der Waals surface area contributed by atoms with Gasteiger partial charge in [-0.15, -0.1) is 11.3 Å². The quantitative estimate of drug-likeness (QED) is 0.794. The molecule has 0 spiro atoms. The molecule has 1 aliphatic carbocycles. The molecule has 5 nitrogen and oxygen atoms in total. The van der Waals surface area contributed by atoms with Gasteiger partial charge in [-0.2, -0.15) is 0 Å². The number of aromatic nitrogens is 2. The smallest absolute Gasteiger partial charge is 0.305 e. The van der Waals surface area contributed by atoms with Gasteiger partial charge in [-0.05, 0) is 31.2 Å². The van der Waals surface area contributed by atoms with E-state index >= 15 is 0 Å². The van der Waals surface area contributed by atoms with Crippen molar-refractivity contribution in [3.63, 3.8) is 0 Å². The Bertz CT molecular complexity index is 776. The van der Waals surface area contributed by atoms with Gasteiger partial charge in [0.15, 0.2) is 0 Å². The highest BCUT2D eigenvalue weighted by Gasteiger charge is 2.22. The van der Waals surface area contributed by atoms with Crippen molar-refractivity contribution in [3.05, 3.63) is 26.6 Å². The Morgan fingerprint density at radius 2 is 2.23 bits per heavy atom. The van der Waals surface area contributed by atoms with Gasteiger partial charge in [0.1, 0.15) is 10.7 Å². The van der Waals surface area contributed by atoms with Crippen LogP contribution < -0.4 is 5.56 Å². The van der Waals surface area contributed by atoms with Gasteiger partial charge >= 0.3 is 5.97 Å². The van der Waals surface area contributed by atoms with Gasteiger partial charge in [-0.3, -0.25) is 14.2 Å². The predicted octanol–water partition coefficient (Wildman–Crippen LogP) is 2.46. The molecule has 0 aliphatic heterocycles. The molecule has 0 N–H and O–H groups in total. The summed E-state index contributed by atoms with van der Waals surface area (Å²) in [6.07, 6.45) is 4.82. The van der Waals surface area contributed by atoms with Crippen molar-refractivity contribution in [3.8, 4) is 0 Å². The van der Waals surface area contributed by atoms with E-state index in [0.717, 1.165) is 35.3 Å². The molecule has 2 aromatic rings. The summed E-state index contributed by atoms with van der Waals surface area (Å²) < 4.78 is 6.40. The second-order valence-electron chi connectivity index (χ2n) is 5.56. The standard InChI is InChI=1S/C16H20N2O3S/c1-3-12-17-15-14(10-6-4-7-11(10)22-15)16(20)18(12)9-5-8-13(19)21-2/h3-9H2,1-2H3. The van der Waals surface area contributed by atoms with Gasteiger partial charge < -0.3 is 4.74 Å². The fraction of sp³-hybridized carbons (Fsp3) is 0.562. The highest BCUT2D eigenvalue weighted by molar-refractivity contribution is 7.18. The van der Waals surface area contributed by atoms with Crippen LogP contribution in [0.25, 0.3) is 10.2 Å². The zero-order chi connectivity index (χ0) is 15.7. The fourth-order valence-electron chi connectivity index (χ4n) is 3.10. The lowest BCUT2D eigenvalue weighted by Gasteiger charge is -2.11. The van der Waals surface area contributed by atoms with Crippen LogP contribution in [0.2, 0.25) is 0 Å². The summed E-state index contributed by atoms with van der Waals surface area (Å²) in [5.74, 6) is 0.568. The Morgan fingerprint density at radius 1 is 1.41 bits per heavy atom. The van der Waals surface area contributed by atoms with E-state index in [1.54, 1.807) is 15.9 Å². The zero-order valence-electron chi connectivity index (χ0n) is 13.0. The molecule has 0 saturated heterocycles. The van der Waals surface area contributed by atoms with Crippen LogP contribution in [-0.2, 0) is 35.3 Å². The minimum atomic E-state index is -0.239. The van der Waals surface area contributed by atoms with Gasteiger partial charge in [-0.25, -0.2) is 4.98 Å². The van der Waals surface area contributed by atoms with Crippen molar-refractivity contribution in [2.75, 3.05) is 7.11 Å². The molecule has 0 saturated carbocycles. The largest absolute Gasteiger partial charge is 0.469 e. The van der Waals surface area contributed by atoms with Crippen LogP contribution in [0.3, 0.4) is 0 Å². The maximum Gasteiger partial charge on any atom is 0.305 e. The molecular formula is C16H20N2O3S. The van der Waals surface area contributed by atoms with Gasteiger partial charge in [0, 0.05) is 24.3 Å². The second-order valence-corrected chi connectivity index (χ2v) is 6.64. The van der Waals surface area contributed by atoms with E-state index in [2.05, 4.69) is 4.74 Å². The van der Waals surface area contributed by atoms with Crippen molar-refractivity contribution in [1.29, 1.82) is 0 Å². The summed E-state index contributed by atoms with van der Waals surface area (Å²) in [5.41, 5.74) is 1.27. The SMILES string of the molecule is CCc1nc2sc3c(c2c(=O)n1CCCC(=O)OC)CCC3. The van der Waals surface area contributed by atoms with E-state index in [4.69, 9.17) is 4.98 Å². The summed E-state index contributed by atoms with van der Waals surface area (Å²) in [6, 6.07) is 0. The molecule has 0 radical (unpaired) electrons. The number of esters is 1. The Labute approximate surface area is 132 Å². The molecule has 3 rings (SSSR count). The molecule has 6 heteroatoms. The molecule has 2 heterocycles. The molecule has 0 atom stereocenters. The first kappa shape index (κ1) is 15.2. The van der Waals surface area contributed by atoms with Crippen LogP contribution >= 0.6 is 11.3 Å². The van der Waals surface area contributed by atoms with Crippen molar-refractivity contribution in [2.45, 2.75) is 52.0 Å². The minimum absolute atomic E-state index is 0.0612. The average molecular weight is 320 g/mol. The number of hydrogen-bond acceptors (Lipinski definition) is 5. The lowest BCUT2D eigenvalue weighted by atomic mass is 10.2. The van der Waals surface area contributed by atoms with Crippen LogP contribution in [-0.4, -0.2) is 22.6 Å². The van der Waals surface area contributed by atoms with E-state index in [1.165, 1.54) is 17.6 Å². The molecule has 0 fully saturated rings. The normalized spacial score (nSPS) is 13.5. The third-order valence-electron chi connectivity index (χ3n) is 4.21. The summed E-state index contributed by atoms with van der Waals surface area (Å²) in [6.45, 7) is 2.52. The molecule has 2 aromatic heterocycles. The maximum absolute atomic E-state index is 12.9. The number of thiophene rings is 1. The molecule has 22 heavy (non-hydrogen) atoms. The number of carbonyl (C=O) groups is 1. The molecule has 0 amide bonds. The molecule has 0 aromatic carbocycles. The fourth-order valence-corrected chi connectivity index (χ4v) is 4.37. The molecule has 1 aliphatic rings. The van der Waals surface area contributed by atoms with Crippen LogP contribution in [0.4, 0.5) is 0 Å². The first-order chi connectivity index (χ1) is 10.7. The van der Waals surface area contributed by atoms with Crippen LogP contribution in [0.1, 0.15) is 42.5 Å². The number of ether oxygens (including phenoxy) is 1. The van der Waals surface area contributed by atoms with Crippen molar-refractivity contribution in [1.82, 2.24) is 9.55 Å². The number of methoxy groups -OCH3 is 1. The number of fused-ring (bicyclic) bond motifs is 3. The van der Waals surface area contributed by atoms with E-state index in [-0.39, 0.29) is 11.5 Å². The minimum Gasteiger partial charge on any atom is -0.469 e. The molecular weight excluding hydrogens is 300 g/mol. The zero-order valence-corrected chi connectivity index (χ0v) is 13.8. The maximum atomic E-state index is 12.9. The number of aryl methyl sites for hydroxylation is 3. The van der Waals surface area contributed by atoms with E-state index in [9.17, 15) is 9.59 Å². The number of nitrogens with zero attached hydrogens (tertiary/aromatic N) is 2. The monoisotopic (exact) mass is 320 g/mol. The Kier molecular flexibility index (Phi) is 4.29. The van der Waals surface area contributed by atoms with E-state index < -0.39 is 0 Å². The summed E-state index contributed by atoms with van der Waals surface area (Å²) in [4.78, 5) is 31.0. The molecule has 0 bridgehead atoms. The van der Waals surface area contributed by atoms with E-state index in [0.29, 0.717) is 25.8 Å². The average Bonchev–Trinajstić information content (AvgIpc) is 3.09. The summed E-state index contributed by atoms with van der Waals surface area (Å²) in [7, 11) is 1.38. The van der Waals surface area contributed by atoms with Gasteiger partial charge in [0.05, 0.1) is 12.5 Å². The molecule has 118 valence electrons. The number of carbonyl (C=O) groups excluding carboxylic acids is 1. The highest BCUT2D eigenvalue weighted by Crippen LogP contribution is 2.34. The Morgan fingerprint density at radius 3 is 2.95 bits per heavy atom. The lowest BCUT2D eigenvalue weighted by Crippen LogP contribution is -2.25. The van der Waals surface area contributed by atoms with E-state index in [1.807, 2.05) is 6.92 Å². The Hall–Kier alpha value is -1.69. The van der Waals surface area contributed by atoms with Crippen molar-refractivity contribution < 1.29 is 9.53 Å². The molecule has 0 unspecified atom stereocenters. The second kappa shape index (κ2) is 6.20. The van der Waals surface area contributed by atoms with Crippen molar-refractivity contribution >= 4 is 27.5 Å². The topological polar surface area (TPSA) is 61.2 Å². The van der Waals surface area contributed by atoms with Gasteiger partial charge in [-0.1, -0.05) is 6.92 Å². The van der Waals surface area contributed by atoms with Crippen LogP contribution in [0.5, 0.6) is 0 Å². The highest BCUT2D eigenvalue weighted by atomic mass is 32.1. The van der Waals surface area contributed by atoms with Crippen LogP contribution in [0.15, 0.2) is 4.79 Å². The number of hydrogen-bond donors (Lipinski definition) is 0. The lowest BCUT2D eigenvalue weighted by molar-refractivity contribution is -0.140.